The van der Waals surface area contributed by atoms with Gasteiger partial charge in [-0.15, -0.1) is 0 Å². The third-order valence-electron chi connectivity index (χ3n) is 3.79. The minimum Gasteiger partial charge on any atom is -0.478 e. The van der Waals surface area contributed by atoms with Crippen LogP contribution in [0.15, 0.2) is 41.1 Å². The molecule has 0 spiro atoms. The Labute approximate surface area is 171 Å². The molecule has 3 N–H and O–H groups in total. The lowest BCUT2D eigenvalue weighted by molar-refractivity contribution is 0.0697. The van der Waals surface area contributed by atoms with Crippen LogP contribution in [0.25, 0.3) is 12.2 Å². The Morgan fingerprint density at radius 2 is 1.79 bits per heavy atom. The standard InChI is InChI=1S/C20H20N4O4S/c1-20(2,3)15-11-21-16(28-15)9-8-14-10-22-19(29-14)24-18(27)23-13-6-4-12(5-7-13)17(25)26/h4-11H,1-3H3,(H,25,26)(H2,22,23,24,27)/b9-8+. The number of carbonyl (C=O) groups excluding carboxylic acids is 1. The van der Waals surface area contributed by atoms with Gasteiger partial charge in [-0.1, -0.05) is 32.1 Å². The van der Waals surface area contributed by atoms with E-state index in [-0.39, 0.29) is 11.0 Å². The molecule has 0 saturated carbocycles. The maximum Gasteiger partial charge on any atom is 0.335 e. The van der Waals surface area contributed by atoms with E-state index in [1.165, 1.54) is 35.6 Å². The Bertz CT molecular complexity index is 1050. The Balaban J connectivity index is 1.57. The van der Waals surface area contributed by atoms with Crippen molar-refractivity contribution in [3.05, 3.63) is 58.8 Å². The van der Waals surface area contributed by atoms with E-state index in [0.29, 0.717) is 16.7 Å². The average molecular weight is 412 g/mol. The molecule has 3 aromatic rings. The molecule has 29 heavy (non-hydrogen) atoms. The van der Waals surface area contributed by atoms with Gasteiger partial charge in [0.25, 0.3) is 0 Å². The average Bonchev–Trinajstić information content (AvgIpc) is 3.29. The highest BCUT2D eigenvalue weighted by molar-refractivity contribution is 7.16. The second kappa shape index (κ2) is 8.27. The number of oxazole rings is 1. The van der Waals surface area contributed by atoms with E-state index in [1.807, 2.05) is 26.8 Å². The highest BCUT2D eigenvalue weighted by Crippen LogP contribution is 2.24. The van der Waals surface area contributed by atoms with Crippen LogP contribution in [-0.2, 0) is 5.41 Å². The van der Waals surface area contributed by atoms with Crippen LogP contribution in [0.1, 0.15) is 47.7 Å². The van der Waals surface area contributed by atoms with Gasteiger partial charge >= 0.3 is 12.0 Å². The van der Waals surface area contributed by atoms with E-state index in [4.69, 9.17) is 9.52 Å². The number of thiazole rings is 1. The van der Waals surface area contributed by atoms with Crippen molar-refractivity contribution in [2.75, 3.05) is 10.6 Å². The lowest BCUT2D eigenvalue weighted by Crippen LogP contribution is -2.19. The van der Waals surface area contributed by atoms with Crippen LogP contribution in [0, 0.1) is 0 Å². The van der Waals surface area contributed by atoms with Gasteiger partial charge in [0.2, 0.25) is 5.89 Å². The zero-order chi connectivity index (χ0) is 21.0. The molecule has 0 aliphatic carbocycles. The maximum absolute atomic E-state index is 12.1. The molecule has 1 aromatic carbocycles. The van der Waals surface area contributed by atoms with Crippen molar-refractivity contribution in [1.82, 2.24) is 9.97 Å². The summed E-state index contributed by atoms with van der Waals surface area (Å²) in [6.07, 6.45) is 6.90. The molecule has 9 heteroatoms. The predicted molar refractivity (Wildman–Crippen MR) is 112 cm³/mol. The van der Waals surface area contributed by atoms with Crippen molar-refractivity contribution in [3.8, 4) is 0 Å². The van der Waals surface area contributed by atoms with E-state index >= 15 is 0 Å². The van der Waals surface area contributed by atoms with Gasteiger partial charge < -0.3 is 14.8 Å². The first-order valence-electron chi connectivity index (χ1n) is 8.72. The van der Waals surface area contributed by atoms with Crippen molar-refractivity contribution >= 4 is 46.3 Å². The number of urea groups is 1. The maximum atomic E-state index is 12.1. The van der Waals surface area contributed by atoms with Crippen molar-refractivity contribution in [3.63, 3.8) is 0 Å². The monoisotopic (exact) mass is 412 g/mol. The van der Waals surface area contributed by atoms with E-state index in [2.05, 4.69) is 20.6 Å². The summed E-state index contributed by atoms with van der Waals surface area (Å²) in [7, 11) is 0. The van der Waals surface area contributed by atoms with Gasteiger partial charge in [-0.3, -0.25) is 5.32 Å². The number of rotatable bonds is 5. The van der Waals surface area contributed by atoms with Gasteiger partial charge in [-0.2, -0.15) is 0 Å². The molecular formula is C20H20N4O4S. The van der Waals surface area contributed by atoms with Gasteiger partial charge in [0.05, 0.1) is 11.8 Å². The molecule has 0 atom stereocenters. The molecular weight excluding hydrogens is 392 g/mol. The third kappa shape index (κ3) is 5.52. The molecule has 0 unspecified atom stereocenters. The molecule has 8 nitrogen and oxygen atoms in total. The number of nitrogens with one attached hydrogen (secondary N) is 2. The molecule has 0 aliphatic heterocycles. The Morgan fingerprint density at radius 3 is 2.41 bits per heavy atom. The molecule has 2 heterocycles. The summed E-state index contributed by atoms with van der Waals surface area (Å²) in [5.74, 6) is 0.279. The number of hydrogen-bond donors (Lipinski definition) is 3. The van der Waals surface area contributed by atoms with Crippen molar-refractivity contribution in [1.29, 1.82) is 0 Å². The van der Waals surface area contributed by atoms with Gasteiger partial charge in [-0.25, -0.2) is 19.6 Å². The SMILES string of the molecule is CC(C)(C)c1cnc(/C=C/c2cnc(NC(=O)Nc3ccc(C(=O)O)cc3)s2)o1. The highest BCUT2D eigenvalue weighted by atomic mass is 32.1. The van der Waals surface area contributed by atoms with Crippen LogP contribution in [0.5, 0.6) is 0 Å². The topological polar surface area (TPSA) is 117 Å². The number of nitrogens with zero attached hydrogens (tertiary/aromatic N) is 2. The van der Waals surface area contributed by atoms with Crippen molar-refractivity contribution < 1.29 is 19.1 Å². The number of carboxylic acids is 1. The summed E-state index contributed by atoms with van der Waals surface area (Å²) < 4.78 is 5.70. The van der Waals surface area contributed by atoms with Crippen molar-refractivity contribution in [2.45, 2.75) is 26.2 Å². The normalized spacial score (nSPS) is 11.6. The first kappa shape index (κ1) is 20.3. The van der Waals surface area contributed by atoms with Crippen LogP contribution in [0.2, 0.25) is 0 Å². The summed E-state index contributed by atoms with van der Waals surface area (Å²) >= 11 is 1.29. The van der Waals surface area contributed by atoms with Gasteiger partial charge in [0.15, 0.2) is 5.13 Å². The minimum atomic E-state index is -1.02. The minimum absolute atomic E-state index is 0.109. The summed E-state index contributed by atoms with van der Waals surface area (Å²) in [5.41, 5.74) is 0.512. The van der Waals surface area contributed by atoms with Gasteiger partial charge in [0.1, 0.15) is 5.76 Å². The number of aromatic carboxylic acids is 1. The van der Waals surface area contributed by atoms with Crippen LogP contribution in [0.4, 0.5) is 15.6 Å². The Kier molecular flexibility index (Phi) is 5.79. The highest BCUT2D eigenvalue weighted by Gasteiger charge is 2.18. The molecule has 0 saturated heterocycles. The zero-order valence-electron chi connectivity index (χ0n) is 16.1. The van der Waals surface area contributed by atoms with E-state index in [0.717, 1.165) is 10.6 Å². The first-order chi connectivity index (χ1) is 13.7. The number of carboxylic acid groups (broad SMARTS) is 1. The molecule has 0 aliphatic rings. The Morgan fingerprint density at radius 1 is 1.07 bits per heavy atom. The predicted octanol–water partition coefficient (Wildman–Crippen LogP) is 4.94. The van der Waals surface area contributed by atoms with E-state index < -0.39 is 12.0 Å². The molecule has 3 rings (SSSR count). The fourth-order valence-electron chi connectivity index (χ4n) is 2.24. The molecule has 2 aromatic heterocycles. The second-order valence-corrected chi connectivity index (χ2v) is 8.24. The van der Waals surface area contributed by atoms with E-state index in [9.17, 15) is 9.59 Å². The molecule has 0 fully saturated rings. The van der Waals surface area contributed by atoms with Crippen LogP contribution in [0.3, 0.4) is 0 Å². The van der Waals surface area contributed by atoms with Crippen molar-refractivity contribution in [2.24, 2.45) is 0 Å². The van der Waals surface area contributed by atoms with Crippen LogP contribution in [-0.4, -0.2) is 27.1 Å². The molecule has 150 valence electrons. The lowest BCUT2D eigenvalue weighted by atomic mass is 9.94. The number of aromatic nitrogens is 2. The van der Waals surface area contributed by atoms with Crippen LogP contribution < -0.4 is 10.6 Å². The number of benzene rings is 1. The molecule has 0 radical (unpaired) electrons. The number of anilines is 2. The van der Waals surface area contributed by atoms with Gasteiger partial charge in [-0.05, 0) is 30.3 Å². The zero-order valence-corrected chi connectivity index (χ0v) is 16.9. The molecule has 2 amide bonds. The first-order valence-corrected chi connectivity index (χ1v) is 9.54. The number of hydrogen-bond acceptors (Lipinski definition) is 6. The Hall–Kier alpha value is -3.46. The van der Waals surface area contributed by atoms with Crippen LogP contribution >= 0.6 is 11.3 Å². The summed E-state index contributed by atoms with van der Waals surface area (Å²) in [4.78, 5) is 32.1. The fourth-order valence-corrected chi connectivity index (χ4v) is 2.96. The van der Waals surface area contributed by atoms with E-state index in [1.54, 1.807) is 18.5 Å². The second-order valence-electron chi connectivity index (χ2n) is 7.18. The smallest absolute Gasteiger partial charge is 0.335 e. The summed E-state index contributed by atoms with van der Waals surface area (Å²) in [5, 5.41) is 14.6. The lowest BCUT2D eigenvalue weighted by Gasteiger charge is -2.12. The summed E-state index contributed by atoms with van der Waals surface area (Å²) in [6.45, 7) is 6.15. The van der Waals surface area contributed by atoms with Gasteiger partial charge in [0, 0.05) is 28.3 Å². The fraction of sp³-hybridized carbons (Fsp3) is 0.200. The quantitative estimate of drug-likeness (QED) is 0.546. The number of carbonyl (C=O) groups is 2. The largest absolute Gasteiger partial charge is 0.478 e. The summed E-state index contributed by atoms with van der Waals surface area (Å²) in [6, 6.07) is 5.39. The third-order valence-corrected chi connectivity index (χ3v) is 4.66. The molecule has 0 bridgehead atoms. The number of amides is 2.